The molecule has 218 valence electrons. The molecule has 6 rings (SSSR count). The highest BCUT2D eigenvalue weighted by Crippen LogP contribution is 2.58. The van der Waals surface area contributed by atoms with Gasteiger partial charge in [0.05, 0.1) is 11.4 Å². The van der Waals surface area contributed by atoms with E-state index in [1.165, 1.54) is 152 Å². The first kappa shape index (κ1) is 29.2. The summed E-state index contributed by atoms with van der Waals surface area (Å²) in [6.07, 6.45) is 31.9. The third-order valence-corrected chi connectivity index (χ3v) is 17.9. The molecule has 0 aromatic carbocycles. The average molecular weight is 577 g/mol. The molecule has 40 heavy (non-hydrogen) atoms. The van der Waals surface area contributed by atoms with Crippen molar-refractivity contribution < 1.29 is 0 Å². The SMILES string of the molecule is c1cc(CP(C2CCCCC2)C2CCCCC2)nc(-c2cccc(CP(C3CCCCC3)C3CCCCC3)n2)c1. The number of aromatic nitrogens is 2. The highest BCUT2D eigenvalue weighted by atomic mass is 31.1. The van der Waals surface area contributed by atoms with Crippen molar-refractivity contribution in [3.05, 3.63) is 47.8 Å². The zero-order valence-electron chi connectivity index (χ0n) is 25.1. The largest absolute Gasteiger partial charge is 0.251 e. The zero-order chi connectivity index (χ0) is 27.0. The monoisotopic (exact) mass is 576 g/mol. The number of nitrogens with zero attached hydrogens (tertiary/aromatic N) is 2. The Hall–Kier alpha value is -0.840. The minimum atomic E-state index is 0.0319. The molecule has 0 saturated heterocycles. The van der Waals surface area contributed by atoms with Crippen LogP contribution in [0.1, 0.15) is 140 Å². The number of hydrogen-bond donors (Lipinski definition) is 0. The molecule has 2 nitrogen and oxygen atoms in total. The van der Waals surface area contributed by atoms with Crippen LogP contribution >= 0.6 is 15.8 Å². The Morgan fingerprint density at radius 3 is 1.02 bits per heavy atom. The topological polar surface area (TPSA) is 25.8 Å². The Morgan fingerprint density at radius 2 is 0.725 bits per heavy atom. The summed E-state index contributed by atoms with van der Waals surface area (Å²) in [5.74, 6) is 0. The van der Waals surface area contributed by atoms with Crippen molar-refractivity contribution >= 4 is 15.8 Å². The van der Waals surface area contributed by atoms with Crippen molar-refractivity contribution in [3.8, 4) is 11.4 Å². The van der Waals surface area contributed by atoms with Gasteiger partial charge in [-0.05, 0) is 98.3 Å². The van der Waals surface area contributed by atoms with Crippen LogP contribution in [-0.4, -0.2) is 32.6 Å². The number of hydrogen-bond acceptors (Lipinski definition) is 2. The molecule has 0 aliphatic heterocycles. The smallest absolute Gasteiger partial charge is 0.0889 e. The Bertz CT molecular complexity index is 913. The van der Waals surface area contributed by atoms with Gasteiger partial charge in [-0.15, -0.1) is 0 Å². The summed E-state index contributed by atoms with van der Waals surface area (Å²) in [7, 11) is 0.0639. The third-order valence-electron chi connectivity index (χ3n) is 10.7. The van der Waals surface area contributed by atoms with Crippen LogP contribution in [0, 0.1) is 0 Å². The van der Waals surface area contributed by atoms with Gasteiger partial charge in [0.15, 0.2) is 0 Å². The first-order valence-corrected chi connectivity index (χ1v) is 20.6. The molecule has 4 aliphatic rings. The Kier molecular flexibility index (Phi) is 11.0. The summed E-state index contributed by atoms with van der Waals surface area (Å²) in [6, 6.07) is 13.7. The maximum absolute atomic E-state index is 5.33. The highest BCUT2D eigenvalue weighted by Gasteiger charge is 2.33. The van der Waals surface area contributed by atoms with E-state index in [0.29, 0.717) is 0 Å². The zero-order valence-corrected chi connectivity index (χ0v) is 26.9. The van der Waals surface area contributed by atoms with Crippen molar-refractivity contribution in [3.63, 3.8) is 0 Å². The molecule has 0 atom stereocenters. The Balaban J connectivity index is 1.19. The minimum absolute atomic E-state index is 0.0319. The molecule has 4 saturated carbocycles. The molecule has 2 aromatic rings. The van der Waals surface area contributed by atoms with E-state index in [4.69, 9.17) is 9.97 Å². The van der Waals surface area contributed by atoms with Gasteiger partial charge < -0.3 is 0 Å². The second kappa shape index (κ2) is 15.1. The summed E-state index contributed by atoms with van der Waals surface area (Å²) in [4.78, 5) is 10.7. The van der Waals surface area contributed by atoms with E-state index in [0.717, 1.165) is 34.0 Å². The lowest BCUT2D eigenvalue weighted by Gasteiger charge is -2.38. The number of pyridine rings is 2. The first-order chi connectivity index (χ1) is 19.8. The molecule has 0 N–H and O–H groups in total. The van der Waals surface area contributed by atoms with Crippen molar-refractivity contribution in [2.24, 2.45) is 0 Å². The summed E-state index contributed by atoms with van der Waals surface area (Å²) < 4.78 is 0. The van der Waals surface area contributed by atoms with E-state index in [9.17, 15) is 0 Å². The van der Waals surface area contributed by atoms with Gasteiger partial charge in [-0.3, -0.25) is 9.97 Å². The molecule has 2 aromatic heterocycles. The van der Waals surface area contributed by atoms with Crippen LogP contribution in [0.15, 0.2) is 36.4 Å². The van der Waals surface area contributed by atoms with Gasteiger partial charge in [-0.1, -0.05) is 105 Å². The van der Waals surface area contributed by atoms with Crippen LogP contribution in [0.4, 0.5) is 0 Å². The lowest BCUT2D eigenvalue weighted by Crippen LogP contribution is -2.21. The second-order valence-electron chi connectivity index (χ2n) is 13.5. The molecule has 2 heterocycles. The van der Waals surface area contributed by atoms with E-state index >= 15 is 0 Å². The molecular weight excluding hydrogens is 522 g/mol. The fourth-order valence-electron chi connectivity index (χ4n) is 8.56. The normalized spacial score (nSPS) is 22.8. The number of rotatable bonds is 9. The van der Waals surface area contributed by atoms with Gasteiger partial charge in [0, 0.05) is 23.7 Å². The Morgan fingerprint density at radius 1 is 0.425 bits per heavy atom. The van der Waals surface area contributed by atoms with Crippen molar-refractivity contribution in [2.75, 3.05) is 0 Å². The third kappa shape index (κ3) is 7.75. The van der Waals surface area contributed by atoms with E-state index < -0.39 is 0 Å². The van der Waals surface area contributed by atoms with Crippen LogP contribution in [0.2, 0.25) is 0 Å². The predicted octanol–water partition coefficient (Wildman–Crippen LogP) is 11.4. The standard InChI is InChI=1S/C36H54N2P2/c1-5-17-31(18-6-1)39(32-19-7-2-8-20-32)27-29-15-13-25-35(37-29)36-26-14-16-30(38-36)28-40(33-21-9-3-10-22-33)34-23-11-4-12-24-34/h13-16,25-26,31-34H,1-12,17-24,27-28H2. The fourth-order valence-corrected chi connectivity index (χ4v) is 16.0. The molecule has 4 heteroatoms. The lowest BCUT2D eigenvalue weighted by atomic mass is 9.99. The maximum atomic E-state index is 5.33. The Labute approximate surface area is 247 Å². The molecule has 0 amide bonds. The summed E-state index contributed by atoms with van der Waals surface area (Å²) in [5, 5.41) is 0. The summed E-state index contributed by atoms with van der Waals surface area (Å²) in [5.41, 5.74) is 8.85. The van der Waals surface area contributed by atoms with E-state index in [-0.39, 0.29) is 15.8 Å². The molecular formula is C36H54N2P2. The lowest BCUT2D eigenvalue weighted by molar-refractivity contribution is 0.483. The van der Waals surface area contributed by atoms with Crippen molar-refractivity contribution in [2.45, 2.75) is 163 Å². The highest BCUT2D eigenvalue weighted by molar-refractivity contribution is 7.58. The van der Waals surface area contributed by atoms with Crippen LogP contribution < -0.4 is 0 Å². The fraction of sp³-hybridized carbons (Fsp3) is 0.722. The molecule has 0 unspecified atom stereocenters. The quantitative estimate of drug-likeness (QED) is 0.278. The van der Waals surface area contributed by atoms with Gasteiger partial charge in [-0.25, -0.2) is 0 Å². The maximum Gasteiger partial charge on any atom is 0.0889 e. The molecule has 4 aliphatic carbocycles. The van der Waals surface area contributed by atoms with E-state index in [1.54, 1.807) is 0 Å². The molecule has 0 radical (unpaired) electrons. The van der Waals surface area contributed by atoms with Crippen LogP contribution in [0.3, 0.4) is 0 Å². The minimum Gasteiger partial charge on any atom is -0.251 e. The predicted molar refractivity (Wildman–Crippen MR) is 176 cm³/mol. The molecule has 4 fully saturated rings. The first-order valence-electron chi connectivity index (χ1n) is 17.3. The van der Waals surface area contributed by atoms with Gasteiger partial charge in [0.25, 0.3) is 0 Å². The van der Waals surface area contributed by atoms with Gasteiger partial charge in [0.2, 0.25) is 0 Å². The van der Waals surface area contributed by atoms with Gasteiger partial charge in [-0.2, -0.15) is 0 Å². The second-order valence-corrected chi connectivity index (χ2v) is 19.2. The van der Waals surface area contributed by atoms with Crippen molar-refractivity contribution in [1.82, 2.24) is 9.97 Å². The van der Waals surface area contributed by atoms with Crippen LogP contribution in [0.5, 0.6) is 0 Å². The van der Waals surface area contributed by atoms with Gasteiger partial charge in [0.1, 0.15) is 0 Å². The van der Waals surface area contributed by atoms with E-state index in [1.807, 2.05) is 0 Å². The molecule has 0 spiro atoms. The van der Waals surface area contributed by atoms with Crippen LogP contribution in [-0.2, 0) is 12.3 Å². The average Bonchev–Trinajstić information content (AvgIpc) is 3.04. The summed E-state index contributed by atoms with van der Waals surface area (Å²) in [6.45, 7) is 0. The van der Waals surface area contributed by atoms with Crippen LogP contribution in [0.25, 0.3) is 11.4 Å². The van der Waals surface area contributed by atoms with Crippen molar-refractivity contribution in [1.29, 1.82) is 0 Å². The summed E-state index contributed by atoms with van der Waals surface area (Å²) >= 11 is 0. The molecule has 0 bridgehead atoms. The van der Waals surface area contributed by atoms with E-state index in [2.05, 4.69) is 36.4 Å². The van der Waals surface area contributed by atoms with Gasteiger partial charge >= 0.3 is 0 Å².